The molecule has 0 bridgehead atoms. The van der Waals surface area contributed by atoms with Crippen molar-refractivity contribution in [1.29, 1.82) is 0 Å². The Hall–Kier alpha value is -1.39. The van der Waals surface area contributed by atoms with Crippen LogP contribution in [0, 0.1) is 12.8 Å². The minimum atomic E-state index is 0.0606. The molecule has 1 aromatic carbocycles. The highest BCUT2D eigenvalue weighted by Crippen LogP contribution is 2.16. The molecule has 0 radical (unpaired) electrons. The molecule has 2 rings (SSSR count). The lowest BCUT2D eigenvalue weighted by Gasteiger charge is -2.31. The molecule has 2 N–H and O–H groups in total. The van der Waals surface area contributed by atoms with Crippen LogP contribution in [0.3, 0.4) is 0 Å². The molecule has 0 aliphatic carbocycles. The number of rotatable bonds is 5. The number of hydrogen-bond donors (Lipinski definition) is 2. The van der Waals surface area contributed by atoms with Gasteiger partial charge in [0, 0.05) is 31.8 Å². The SMILES string of the molecule is Cc1ccccc1NC(=O)CCN1CCCC(CO)C1. The normalized spacial score (nSPS) is 19.8. The Balaban J connectivity index is 1.76. The maximum atomic E-state index is 12.0. The van der Waals surface area contributed by atoms with Gasteiger partial charge in [-0.25, -0.2) is 0 Å². The van der Waals surface area contributed by atoms with Crippen molar-refractivity contribution in [3.8, 4) is 0 Å². The molecule has 1 amide bonds. The van der Waals surface area contributed by atoms with Gasteiger partial charge in [0.25, 0.3) is 0 Å². The van der Waals surface area contributed by atoms with E-state index in [0.717, 1.165) is 43.7 Å². The van der Waals surface area contributed by atoms with Crippen LogP contribution in [0.2, 0.25) is 0 Å². The fourth-order valence-corrected chi connectivity index (χ4v) is 2.69. The lowest BCUT2D eigenvalue weighted by molar-refractivity contribution is -0.116. The average Bonchev–Trinajstić information content (AvgIpc) is 2.48. The number of piperidine rings is 1. The van der Waals surface area contributed by atoms with Crippen LogP contribution in [0.5, 0.6) is 0 Å². The summed E-state index contributed by atoms with van der Waals surface area (Å²) in [5.41, 5.74) is 1.98. The summed E-state index contributed by atoms with van der Waals surface area (Å²) < 4.78 is 0. The van der Waals surface area contributed by atoms with Crippen LogP contribution in [0.15, 0.2) is 24.3 Å². The molecular formula is C16H24N2O2. The van der Waals surface area contributed by atoms with Crippen molar-refractivity contribution >= 4 is 11.6 Å². The number of nitrogens with zero attached hydrogens (tertiary/aromatic N) is 1. The molecule has 4 nitrogen and oxygen atoms in total. The van der Waals surface area contributed by atoms with E-state index < -0.39 is 0 Å². The largest absolute Gasteiger partial charge is 0.396 e. The number of likely N-dealkylation sites (tertiary alicyclic amines) is 1. The zero-order chi connectivity index (χ0) is 14.4. The summed E-state index contributed by atoms with van der Waals surface area (Å²) in [7, 11) is 0. The first-order valence-electron chi connectivity index (χ1n) is 7.37. The Morgan fingerprint density at radius 2 is 2.25 bits per heavy atom. The molecule has 110 valence electrons. The number of amides is 1. The summed E-state index contributed by atoms with van der Waals surface area (Å²) in [5.74, 6) is 0.439. The zero-order valence-electron chi connectivity index (χ0n) is 12.1. The minimum Gasteiger partial charge on any atom is -0.396 e. The number of carbonyl (C=O) groups is 1. The van der Waals surface area contributed by atoms with E-state index in [1.807, 2.05) is 31.2 Å². The van der Waals surface area contributed by atoms with Crippen LogP contribution in [-0.2, 0) is 4.79 Å². The fourth-order valence-electron chi connectivity index (χ4n) is 2.69. The van der Waals surface area contributed by atoms with Gasteiger partial charge in [0.1, 0.15) is 0 Å². The molecular weight excluding hydrogens is 252 g/mol. The number of hydrogen-bond acceptors (Lipinski definition) is 3. The Morgan fingerprint density at radius 3 is 3.00 bits per heavy atom. The topological polar surface area (TPSA) is 52.6 Å². The quantitative estimate of drug-likeness (QED) is 0.865. The number of nitrogens with one attached hydrogen (secondary N) is 1. The number of benzene rings is 1. The lowest BCUT2D eigenvalue weighted by Crippen LogP contribution is -2.38. The van der Waals surface area contributed by atoms with Crippen molar-refractivity contribution in [2.45, 2.75) is 26.2 Å². The average molecular weight is 276 g/mol. The Morgan fingerprint density at radius 1 is 1.45 bits per heavy atom. The Bertz CT molecular complexity index is 448. The van der Waals surface area contributed by atoms with E-state index in [-0.39, 0.29) is 12.5 Å². The van der Waals surface area contributed by atoms with Gasteiger partial charge in [-0.05, 0) is 43.9 Å². The van der Waals surface area contributed by atoms with Crippen molar-refractivity contribution in [3.63, 3.8) is 0 Å². The standard InChI is InChI=1S/C16H24N2O2/c1-13-5-2-3-7-15(13)17-16(20)8-10-18-9-4-6-14(11-18)12-19/h2-3,5,7,14,19H,4,6,8-12H2,1H3,(H,17,20). The molecule has 4 heteroatoms. The number of para-hydroxylation sites is 1. The summed E-state index contributed by atoms with van der Waals surface area (Å²) in [5, 5.41) is 12.2. The van der Waals surface area contributed by atoms with Crippen LogP contribution in [0.1, 0.15) is 24.8 Å². The van der Waals surface area contributed by atoms with Gasteiger partial charge in [-0.15, -0.1) is 0 Å². The second-order valence-electron chi connectivity index (χ2n) is 5.60. The van der Waals surface area contributed by atoms with E-state index in [9.17, 15) is 9.90 Å². The van der Waals surface area contributed by atoms with Crippen molar-refractivity contribution in [2.75, 3.05) is 31.6 Å². The minimum absolute atomic E-state index is 0.0606. The van der Waals surface area contributed by atoms with Crippen LogP contribution < -0.4 is 5.32 Å². The molecule has 0 spiro atoms. The van der Waals surface area contributed by atoms with Gasteiger partial charge in [-0.1, -0.05) is 18.2 Å². The van der Waals surface area contributed by atoms with Gasteiger partial charge < -0.3 is 15.3 Å². The van der Waals surface area contributed by atoms with E-state index >= 15 is 0 Å². The van der Waals surface area contributed by atoms with Crippen molar-refractivity contribution in [3.05, 3.63) is 29.8 Å². The third-order valence-corrected chi connectivity index (χ3v) is 3.94. The summed E-state index contributed by atoms with van der Waals surface area (Å²) in [6.07, 6.45) is 2.72. The van der Waals surface area contributed by atoms with E-state index in [0.29, 0.717) is 12.3 Å². The van der Waals surface area contributed by atoms with E-state index in [1.165, 1.54) is 0 Å². The third-order valence-electron chi connectivity index (χ3n) is 3.94. The highest BCUT2D eigenvalue weighted by atomic mass is 16.3. The molecule has 1 aromatic rings. The third kappa shape index (κ3) is 4.32. The molecule has 1 aliphatic rings. The molecule has 1 fully saturated rings. The number of aliphatic hydroxyl groups is 1. The molecule has 1 saturated heterocycles. The monoisotopic (exact) mass is 276 g/mol. The molecule has 1 unspecified atom stereocenters. The van der Waals surface area contributed by atoms with Gasteiger partial charge in [0.2, 0.25) is 5.91 Å². The number of aliphatic hydroxyl groups excluding tert-OH is 1. The number of carbonyl (C=O) groups excluding carboxylic acids is 1. The summed E-state index contributed by atoms with van der Waals surface area (Å²) in [6.45, 7) is 4.97. The lowest BCUT2D eigenvalue weighted by atomic mass is 9.99. The second-order valence-corrected chi connectivity index (χ2v) is 5.60. The zero-order valence-corrected chi connectivity index (χ0v) is 12.1. The summed E-state index contributed by atoms with van der Waals surface area (Å²) in [6, 6.07) is 7.81. The number of aryl methyl sites for hydroxylation is 1. The second kappa shape index (κ2) is 7.41. The Kier molecular flexibility index (Phi) is 5.56. The smallest absolute Gasteiger partial charge is 0.225 e. The van der Waals surface area contributed by atoms with Crippen LogP contribution in [0.25, 0.3) is 0 Å². The summed E-state index contributed by atoms with van der Waals surface area (Å²) in [4.78, 5) is 14.3. The highest BCUT2D eigenvalue weighted by molar-refractivity contribution is 5.91. The maximum Gasteiger partial charge on any atom is 0.225 e. The van der Waals surface area contributed by atoms with Crippen molar-refractivity contribution in [2.24, 2.45) is 5.92 Å². The summed E-state index contributed by atoms with van der Waals surface area (Å²) >= 11 is 0. The van der Waals surface area contributed by atoms with E-state index in [4.69, 9.17) is 0 Å². The number of anilines is 1. The first kappa shape index (κ1) is 15.0. The predicted octanol–water partition coefficient (Wildman–Crippen LogP) is 2.03. The highest BCUT2D eigenvalue weighted by Gasteiger charge is 2.19. The van der Waals surface area contributed by atoms with Gasteiger partial charge in [0.05, 0.1) is 0 Å². The van der Waals surface area contributed by atoms with Gasteiger partial charge in [0.15, 0.2) is 0 Å². The van der Waals surface area contributed by atoms with Crippen LogP contribution >= 0.6 is 0 Å². The van der Waals surface area contributed by atoms with Crippen LogP contribution in [0.4, 0.5) is 5.69 Å². The van der Waals surface area contributed by atoms with Crippen LogP contribution in [-0.4, -0.2) is 42.2 Å². The van der Waals surface area contributed by atoms with Gasteiger partial charge >= 0.3 is 0 Å². The molecule has 1 heterocycles. The molecule has 1 atom stereocenters. The van der Waals surface area contributed by atoms with Gasteiger partial charge in [-0.2, -0.15) is 0 Å². The Labute approximate surface area is 120 Å². The predicted molar refractivity (Wildman–Crippen MR) is 80.7 cm³/mol. The molecule has 0 aromatic heterocycles. The molecule has 0 saturated carbocycles. The first-order valence-corrected chi connectivity index (χ1v) is 7.37. The van der Waals surface area contributed by atoms with Crippen molar-refractivity contribution in [1.82, 2.24) is 4.90 Å². The maximum absolute atomic E-state index is 12.0. The van der Waals surface area contributed by atoms with Crippen molar-refractivity contribution < 1.29 is 9.90 Å². The van der Waals surface area contributed by atoms with Gasteiger partial charge in [-0.3, -0.25) is 4.79 Å². The molecule has 1 aliphatic heterocycles. The first-order chi connectivity index (χ1) is 9.69. The van der Waals surface area contributed by atoms with E-state index in [2.05, 4.69) is 10.2 Å². The van der Waals surface area contributed by atoms with E-state index in [1.54, 1.807) is 0 Å². The molecule has 20 heavy (non-hydrogen) atoms. The fraction of sp³-hybridized carbons (Fsp3) is 0.562.